The molecule has 1 fully saturated rings. The third-order valence-corrected chi connectivity index (χ3v) is 4.84. The van der Waals surface area contributed by atoms with Crippen molar-refractivity contribution in [3.05, 3.63) is 29.3 Å². The molecule has 3 rings (SSSR count). The van der Waals surface area contributed by atoms with Gasteiger partial charge in [-0.05, 0) is 48.9 Å². The Bertz CT molecular complexity index is 423. The number of rotatable bonds is 2. The highest BCUT2D eigenvalue weighted by atomic mass is 16.5. The second-order valence-electron chi connectivity index (χ2n) is 5.96. The van der Waals surface area contributed by atoms with Gasteiger partial charge in [-0.2, -0.15) is 0 Å². The number of nitrogens with zero attached hydrogens (tertiary/aromatic N) is 1. The Morgan fingerprint density at radius 3 is 2.47 bits per heavy atom. The van der Waals surface area contributed by atoms with Crippen LogP contribution in [0, 0.1) is 0 Å². The largest absolute Gasteiger partial charge is 0.497 e. The molecule has 2 aliphatic rings. The van der Waals surface area contributed by atoms with Crippen LogP contribution >= 0.6 is 0 Å². The van der Waals surface area contributed by atoms with Crippen LogP contribution in [0.1, 0.15) is 43.2 Å². The fraction of sp³-hybridized carbons (Fsp3) is 0.647. The molecule has 1 aromatic rings. The summed E-state index contributed by atoms with van der Waals surface area (Å²) >= 11 is 0. The van der Waals surface area contributed by atoms with Gasteiger partial charge < -0.3 is 4.74 Å². The predicted octanol–water partition coefficient (Wildman–Crippen LogP) is 3.43. The van der Waals surface area contributed by atoms with Gasteiger partial charge in [-0.3, -0.25) is 4.90 Å². The van der Waals surface area contributed by atoms with E-state index < -0.39 is 0 Å². The second-order valence-corrected chi connectivity index (χ2v) is 5.96. The van der Waals surface area contributed by atoms with Crippen molar-refractivity contribution in [1.29, 1.82) is 0 Å². The van der Waals surface area contributed by atoms with E-state index in [1.807, 2.05) is 0 Å². The molecule has 0 N–H and O–H groups in total. The lowest BCUT2D eigenvalue weighted by Crippen LogP contribution is -2.38. The van der Waals surface area contributed by atoms with Gasteiger partial charge in [-0.1, -0.05) is 25.3 Å². The molecule has 0 amide bonds. The Kier molecular flexibility index (Phi) is 4.07. The SMILES string of the molecule is COc1ccc2c(c1)CCN(C1CCCCC1)CC2. The first kappa shape index (κ1) is 13.0. The summed E-state index contributed by atoms with van der Waals surface area (Å²) < 4.78 is 5.35. The Morgan fingerprint density at radius 1 is 1.00 bits per heavy atom. The maximum absolute atomic E-state index is 5.35. The van der Waals surface area contributed by atoms with E-state index in [9.17, 15) is 0 Å². The zero-order valence-electron chi connectivity index (χ0n) is 12.0. The molecule has 2 heteroatoms. The molecule has 1 saturated carbocycles. The topological polar surface area (TPSA) is 12.5 Å². The number of methoxy groups -OCH3 is 1. The molecule has 0 atom stereocenters. The lowest BCUT2D eigenvalue weighted by molar-refractivity contribution is 0.163. The van der Waals surface area contributed by atoms with E-state index in [1.54, 1.807) is 7.11 Å². The van der Waals surface area contributed by atoms with Crippen LogP contribution < -0.4 is 4.74 Å². The fourth-order valence-electron chi connectivity index (χ4n) is 3.66. The molecule has 19 heavy (non-hydrogen) atoms. The molecular weight excluding hydrogens is 234 g/mol. The van der Waals surface area contributed by atoms with Crippen molar-refractivity contribution in [3.8, 4) is 5.75 Å². The van der Waals surface area contributed by atoms with Crippen molar-refractivity contribution in [2.24, 2.45) is 0 Å². The molecule has 0 saturated heterocycles. The molecule has 0 bridgehead atoms. The van der Waals surface area contributed by atoms with Gasteiger partial charge in [0.2, 0.25) is 0 Å². The Labute approximate surface area is 116 Å². The first-order chi connectivity index (χ1) is 9.36. The standard InChI is InChI=1S/C17H25NO/c1-19-17-8-7-14-9-11-18(12-10-15(14)13-17)16-5-3-2-4-6-16/h7-8,13,16H,2-6,9-12H2,1H3. The van der Waals surface area contributed by atoms with Crippen molar-refractivity contribution in [3.63, 3.8) is 0 Å². The lowest BCUT2D eigenvalue weighted by Gasteiger charge is -2.33. The molecule has 2 nitrogen and oxygen atoms in total. The van der Waals surface area contributed by atoms with Gasteiger partial charge in [0.25, 0.3) is 0 Å². The Morgan fingerprint density at radius 2 is 1.74 bits per heavy atom. The number of fused-ring (bicyclic) bond motifs is 1. The highest BCUT2D eigenvalue weighted by Crippen LogP contribution is 2.26. The average Bonchev–Trinajstić information content (AvgIpc) is 2.70. The van der Waals surface area contributed by atoms with Crippen molar-refractivity contribution >= 4 is 0 Å². The summed E-state index contributed by atoms with van der Waals surface area (Å²) in [6, 6.07) is 7.46. The number of ether oxygens (including phenoxy) is 1. The van der Waals surface area contributed by atoms with E-state index in [1.165, 1.54) is 69.2 Å². The second kappa shape index (κ2) is 5.96. The van der Waals surface area contributed by atoms with Gasteiger partial charge >= 0.3 is 0 Å². The van der Waals surface area contributed by atoms with Crippen LogP contribution in [0.3, 0.4) is 0 Å². The smallest absolute Gasteiger partial charge is 0.119 e. The van der Waals surface area contributed by atoms with Crippen LogP contribution in [0.2, 0.25) is 0 Å². The van der Waals surface area contributed by atoms with Crippen molar-refractivity contribution in [2.45, 2.75) is 51.0 Å². The average molecular weight is 259 g/mol. The summed E-state index contributed by atoms with van der Waals surface area (Å²) in [4.78, 5) is 2.74. The Hall–Kier alpha value is -1.02. The van der Waals surface area contributed by atoms with E-state index in [4.69, 9.17) is 4.74 Å². The van der Waals surface area contributed by atoms with Gasteiger partial charge in [0, 0.05) is 19.1 Å². The summed E-state index contributed by atoms with van der Waals surface area (Å²) in [6.07, 6.45) is 9.53. The van der Waals surface area contributed by atoms with Gasteiger partial charge in [0.1, 0.15) is 5.75 Å². The van der Waals surface area contributed by atoms with Crippen LogP contribution in [0.4, 0.5) is 0 Å². The quantitative estimate of drug-likeness (QED) is 0.807. The minimum atomic E-state index is 0.852. The molecule has 1 heterocycles. The van der Waals surface area contributed by atoms with Crippen LogP contribution in [0.15, 0.2) is 18.2 Å². The van der Waals surface area contributed by atoms with E-state index in [0.29, 0.717) is 0 Å². The van der Waals surface area contributed by atoms with Crippen LogP contribution in [-0.2, 0) is 12.8 Å². The van der Waals surface area contributed by atoms with Crippen LogP contribution in [0.25, 0.3) is 0 Å². The maximum Gasteiger partial charge on any atom is 0.119 e. The monoisotopic (exact) mass is 259 g/mol. The minimum absolute atomic E-state index is 0.852. The van der Waals surface area contributed by atoms with Gasteiger partial charge in [-0.25, -0.2) is 0 Å². The molecule has 0 unspecified atom stereocenters. The third-order valence-electron chi connectivity index (χ3n) is 4.84. The minimum Gasteiger partial charge on any atom is -0.497 e. The van der Waals surface area contributed by atoms with Gasteiger partial charge in [0.05, 0.1) is 7.11 Å². The number of hydrogen-bond donors (Lipinski definition) is 0. The fourth-order valence-corrected chi connectivity index (χ4v) is 3.66. The van der Waals surface area contributed by atoms with Crippen LogP contribution in [0.5, 0.6) is 5.75 Å². The first-order valence-electron chi connectivity index (χ1n) is 7.76. The summed E-state index contributed by atoms with van der Waals surface area (Å²) in [5, 5.41) is 0. The Balaban J connectivity index is 1.69. The highest BCUT2D eigenvalue weighted by Gasteiger charge is 2.23. The molecule has 0 radical (unpaired) electrons. The highest BCUT2D eigenvalue weighted by molar-refractivity contribution is 5.36. The molecule has 0 spiro atoms. The zero-order valence-corrected chi connectivity index (χ0v) is 12.0. The lowest BCUT2D eigenvalue weighted by atomic mass is 9.94. The third kappa shape index (κ3) is 2.94. The molecule has 104 valence electrons. The first-order valence-corrected chi connectivity index (χ1v) is 7.76. The van der Waals surface area contributed by atoms with E-state index in [-0.39, 0.29) is 0 Å². The zero-order chi connectivity index (χ0) is 13.1. The summed E-state index contributed by atoms with van der Waals surface area (Å²) in [5.41, 5.74) is 3.02. The van der Waals surface area contributed by atoms with Crippen molar-refractivity contribution < 1.29 is 4.74 Å². The van der Waals surface area contributed by atoms with Crippen molar-refractivity contribution in [2.75, 3.05) is 20.2 Å². The summed E-state index contributed by atoms with van der Waals surface area (Å²) in [5.74, 6) is 1.00. The maximum atomic E-state index is 5.35. The summed E-state index contributed by atoms with van der Waals surface area (Å²) in [6.45, 7) is 2.47. The molecular formula is C17H25NO. The predicted molar refractivity (Wildman–Crippen MR) is 78.8 cm³/mol. The normalized spacial score (nSPS) is 21.7. The molecule has 1 aromatic carbocycles. The molecule has 0 aromatic heterocycles. The van der Waals surface area contributed by atoms with Gasteiger partial charge in [0.15, 0.2) is 0 Å². The number of benzene rings is 1. The summed E-state index contributed by atoms with van der Waals surface area (Å²) in [7, 11) is 1.76. The van der Waals surface area contributed by atoms with E-state index >= 15 is 0 Å². The van der Waals surface area contributed by atoms with Gasteiger partial charge in [-0.15, -0.1) is 0 Å². The van der Waals surface area contributed by atoms with Crippen LogP contribution in [-0.4, -0.2) is 31.1 Å². The van der Waals surface area contributed by atoms with Crippen molar-refractivity contribution in [1.82, 2.24) is 4.90 Å². The van der Waals surface area contributed by atoms with E-state index in [0.717, 1.165) is 11.8 Å². The molecule has 1 aliphatic carbocycles. The molecule has 1 aliphatic heterocycles. The van der Waals surface area contributed by atoms with E-state index in [2.05, 4.69) is 23.1 Å². The number of hydrogen-bond acceptors (Lipinski definition) is 2.